The number of thioether (sulfide) groups is 1. The monoisotopic (exact) mass is 355 g/mol. The van der Waals surface area contributed by atoms with Crippen LogP contribution in [0.15, 0.2) is 16.4 Å². The zero-order valence-corrected chi connectivity index (χ0v) is 14.9. The van der Waals surface area contributed by atoms with Crippen LogP contribution in [0.2, 0.25) is 0 Å². The molecule has 0 N–H and O–H groups in total. The summed E-state index contributed by atoms with van der Waals surface area (Å²) in [4.78, 5) is 27.1. The molecule has 1 amide bonds. The third-order valence-electron chi connectivity index (χ3n) is 3.04. The van der Waals surface area contributed by atoms with Crippen molar-refractivity contribution in [1.29, 1.82) is 0 Å². The van der Waals surface area contributed by atoms with E-state index >= 15 is 0 Å². The second kappa shape index (κ2) is 7.89. The van der Waals surface area contributed by atoms with E-state index < -0.39 is 0 Å². The smallest absolute Gasteiger partial charge is 0.307 e. The van der Waals surface area contributed by atoms with Gasteiger partial charge in [0.25, 0.3) is 5.91 Å². The fourth-order valence-corrected chi connectivity index (χ4v) is 4.06. The Morgan fingerprint density at radius 3 is 2.91 bits per heavy atom. The Balaban J connectivity index is 1.99. The molecule has 0 atom stereocenters. The first-order valence-electron chi connectivity index (χ1n) is 6.98. The van der Waals surface area contributed by atoms with Gasteiger partial charge in [-0.3, -0.25) is 14.5 Å². The van der Waals surface area contributed by atoms with Crippen LogP contribution in [0.5, 0.6) is 0 Å². The average molecular weight is 356 g/mol. The van der Waals surface area contributed by atoms with E-state index in [-0.39, 0.29) is 24.8 Å². The molecule has 118 valence electrons. The van der Waals surface area contributed by atoms with Crippen molar-refractivity contribution in [2.24, 2.45) is 0 Å². The molecule has 0 aliphatic carbocycles. The van der Waals surface area contributed by atoms with E-state index in [1.54, 1.807) is 11.3 Å². The summed E-state index contributed by atoms with van der Waals surface area (Å²) in [5.41, 5.74) is 1.14. The minimum Gasteiger partial charge on any atom is -0.466 e. The summed E-state index contributed by atoms with van der Waals surface area (Å²) in [5.74, 6) is -0.430. The maximum atomic E-state index is 12.4. The molecule has 1 aliphatic heterocycles. The average Bonchev–Trinajstić information content (AvgIpc) is 3.00. The number of rotatable bonds is 6. The Hall–Kier alpha value is -1.18. The Kier molecular flexibility index (Phi) is 6.16. The summed E-state index contributed by atoms with van der Waals surface area (Å²) in [6.45, 7) is 4.63. The fraction of sp³-hybridized carbons (Fsp3) is 0.400. The molecule has 0 unspecified atom stereocenters. The highest BCUT2D eigenvalue weighted by atomic mass is 32.2. The number of hydrogen-bond donors (Lipinski definition) is 0. The largest absolute Gasteiger partial charge is 0.466 e. The predicted molar refractivity (Wildman–Crippen MR) is 94.8 cm³/mol. The molecule has 0 saturated carbocycles. The third-order valence-corrected chi connectivity index (χ3v) is 5.39. The summed E-state index contributed by atoms with van der Waals surface area (Å²) >= 11 is 8.11. The van der Waals surface area contributed by atoms with Crippen molar-refractivity contribution in [2.45, 2.75) is 26.7 Å². The predicted octanol–water partition coefficient (Wildman–Crippen LogP) is 3.60. The standard InChI is InChI=1S/C15H17NO3S3/c1-3-7-19-13(17)4-6-16-14(18)12(22-15(16)20)9-11-10(2)5-8-21-11/h5,8-9H,3-4,6-7H2,1-2H3/b12-9-. The van der Waals surface area contributed by atoms with Crippen molar-refractivity contribution < 1.29 is 14.3 Å². The second-order valence-electron chi connectivity index (χ2n) is 4.77. The molecule has 7 heteroatoms. The normalized spacial score (nSPS) is 16.6. The van der Waals surface area contributed by atoms with Crippen LogP contribution in [0.25, 0.3) is 6.08 Å². The number of amides is 1. The molecule has 0 aromatic carbocycles. The van der Waals surface area contributed by atoms with E-state index in [0.29, 0.717) is 15.8 Å². The van der Waals surface area contributed by atoms with Crippen LogP contribution in [0, 0.1) is 6.92 Å². The highest BCUT2D eigenvalue weighted by molar-refractivity contribution is 8.26. The fourth-order valence-electron chi connectivity index (χ4n) is 1.84. The molecule has 1 fully saturated rings. The summed E-state index contributed by atoms with van der Waals surface area (Å²) in [7, 11) is 0. The van der Waals surface area contributed by atoms with Gasteiger partial charge in [0.2, 0.25) is 0 Å². The number of carbonyl (C=O) groups is 2. The van der Waals surface area contributed by atoms with Gasteiger partial charge in [-0.15, -0.1) is 11.3 Å². The Bertz CT molecular complexity index is 621. The van der Waals surface area contributed by atoms with Gasteiger partial charge >= 0.3 is 5.97 Å². The molecule has 1 aromatic rings. The van der Waals surface area contributed by atoms with E-state index in [1.807, 2.05) is 31.4 Å². The molecule has 1 saturated heterocycles. The first-order valence-corrected chi connectivity index (χ1v) is 9.08. The van der Waals surface area contributed by atoms with Gasteiger partial charge < -0.3 is 4.74 Å². The Morgan fingerprint density at radius 1 is 1.50 bits per heavy atom. The van der Waals surface area contributed by atoms with Crippen molar-refractivity contribution in [1.82, 2.24) is 4.90 Å². The topological polar surface area (TPSA) is 46.6 Å². The molecule has 2 heterocycles. The van der Waals surface area contributed by atoms with Gasteiger partial charge in [-0.05, 0) is 36.4 Å². The first kappa shape index (κ1) is 17.2. The minimum absolute atomic E-state index is 0.133. The Morgan fingerprint density at radius 2 is 2.27 bits per heavy atom. The summed E-state index contributed by atoms with van der Waals surface area (Å²) in [5, 5.41) is 1.99. The van der Waals surface area contributed by atoms with E-state index in [4.69, 9.17) is 17.0 Å². The Labute approximate surface area is 143 Å². The zero-order chi connectivity index (χ0) is 16.1. The zero-order valence-electron chi connectivity index (χ0n) is 12.5. The molecule has 1 aromatic heterocycles. The maximum Gasteiger partial charge on any atom is 0.307 e. The van der Waals surface area contributed by atoms with Crippen LogP contribution in [0.4, 0.5) is 0 Å². The van der Waals surface area contributed by atoms with Crippen molar-refractivity contribution in [3.8, 4) is 0 Å². The third kappa shape index (κ3) is 4.18. The van der Waals surface area contributed by atoms with E-state index in [1.165, 1.54) is 16.7 Å². The molecule has 22 heavy (non-hydrogen) atoms. The minimum atomic E-state index is -0.297. The molecule has 1 aliphatic rings. The lowest BCUT2D eigenvalue weighted by Crippen LogP contribution is -2.30. The van der Waals surface area contributed by atoms with Gasteiger partial charge in [-0.1, -0.05) is 30.9 Å². The first-order chi connectivity index (χ1) is 10.5. The van der Waals surface area contributed by atoms with Crippen LogP contribution in [0.3, 0.4) is 0 Å². The highest BCUT2D eigenvalue weighted by Crippen LogP contribution is 2.34. The molecule has 0 bridgehead atoms. The quantitative estimate of drug-likeness (QED) is 0.443. The van der Waals surface area contributed by atoms with Crippen molar-refractivity contribution >= 4 is 57.6 Å². The number of thiocarbonyl (C=S) groups is 1. The summed E-state index contributed by atoms with van der Waals surface area (Å²) in [6.07, 6.45) is 2.82. The molecule has 2 rings (SSSR count). The van der Waals surface area contributed by atoms with Gasteiger partial charge in [0.1, 0.15) is 4.32 Å². The van der Waals surface area contributed by atoms with Gasteiger partial charge in [0.15, 0.2) is 0 Å². The lowest BCUT2D eigenvalue weighted by atomic mass is 10.2. The van der Waals surface area contributed by atoms with Gasteiger partial charge in [-0.2, -0.15) is 0 Å². The lowest BCUT2D eigenvalue weighted by Gasteiger charge is -2.13. The number of thiophene rings is 1. The van der Waals surface area contributed by atoms with Gasteiger partial charge in [-0.25, -0.2) is 0 Å². The van der Waals surface area contributed by atoms with E-state index in [0.717, 1.165) is 16.9 Å². The number of nitrogens with zero attached hydrogens (tertiary/aromatic N) is 1. The molecule has 4 nitrogen and oxygen atoms in total. The van der Waals surface area contributed by atoms with Gasteiger partial charge in [0, 0.05) is 11.4 Å². The van der Waals surface area contributed by atoms with Crippen LogP contribution < -0.4 is 0 Å². The van der Waals surface area contributed by atoms with E-state index in [9.17, 15) is 9.59 Å². The molecular weight excluding hydrogens is 338 g/mol. The van der Waals surface area contributed by atoms with Crippen molar-refractivity contribution in [3.63, 3.8) is 0 Å². The van der Waals surface area contributed by atoms with Crippen LogP contribution in [0.1, 0.15) is 30.2 Å². The highest BCUT2D eigenvalue weighted by Gasteiger charge is 2.32. The molecular formula is C15H17NO3S3. The van der Waals surface area contributed by atoms with Gasteiger partial charge in [0.05, 0.1) is 17.9 Å². The van der Waals surface area contributed by atoms with Crippen molar-refractivity contribution in [2.75, 3.05) is 13.2 Å². The van der Waals surface area contributed by atoms with Crippen molar-refractivity contribution in [3.05, 3.63) is 26.8 Å². The number of hydrogen-bond acceptors (Lipinski definition) is 6. The van der Waals surface area contributed by atoms with Crippen LogP contribution in [-0.2, 0) is 14.3 Å². The summed E-state index contributed by atoms with van der Waals surface area (Å²) < 4.78 is 5.50. The SMILES string of the molecule is CCCOC(=O)CCN1C(=O)/C(=C/c2sccc2C)SC1=S. The number of ether oxygens (including phenoxy) is 1. The van der Waals surface area contributed by atoms with Crippen LogP contribution in [-0.4, -0.2) is 34.2 Å². The number of esters is 1. The number of aryl methyl sites for hydroxylation is 1. The van der Waals surface area contributed by atoms with E-state index in [2.05, 4.69) is 0 Å². The van der Waals surface area contributed by atoms with Crippen LogP contribution >= 0.6 is 35.3 Å². The lowest BCUT2D eigenvalue weighted by molar-refractivity contribution is -0.143. The summed E-state index contributed by atoms with van der Waals surface area (Å²) in [6, 6.07) is 2.01. The molecule has 0 radical (unpaired) electrons. The maximum absolute atomic E-state index is 12.4. The molecule has 0 spiro atoms. The number of carbonyl (C=O) groups excluding carboxylic acids is 2. The second-order valence-corrected chi connectivity index (χ2v) is 7.40.